The highest BCUT2D eigenvalue weighted by Gasteiger charge is 2.15. The normalized spacial score (nSPS) is 10.6. The topological polar surface area (TPSA) is 55.4 Å². The summed E-state index contributed by atoms with van der Waals surface area (Å²) < 4.78 is 19.3. The van der Waals surface area contributed by atoms with Gasteiger partial charge in [-0.1, -0.05) is 35.9 Å². The van der Waals surface area contributed by atoms with E-state index in [2.05, 4.69) is 5.32 Å². The van der Waals surface area contributed by atoms with Crippen molar-refractivity contribution in [3.8, 4) is 0 Å². The van der Waals surface area contributed by atoms with Crippen LogP contribution in [0, 0.1) is 12.7 Å². The predicted octanol–water partition coefficient (Wildman–Crippen LogP) is 3.82. The van der Waals surface area contributed by atoms with Gasteiger partial charge in [0.15, 0.2) is 6.61 Å². The molecule has 3 rings (SSSR count). The van der Waals surface area contributed by atoms with Gasteiger partial charge in [0.05, 0.1) is 0 Å². The third kappa shape index (κ3) is 4.22. The van der Waals surface area contributed by atoms with Crippen molar-refractivity contribution < 1.29 is 18.7 Å². The average molecular weight is 357 g/mol. The predicted molar refractivity (Wildman–Crippen MR) is 95.1 cm³/mol. The van der Waals surface area contributed by atoms with Crippen molar-refractivity contribution in [1.29, 1.82) is 0 Å². The molecule has 0 bridgehead atoms. The molecule has 0 unspecified atom stereocenters. The summed E-state index contributed by atoms with van der Waals surface area (Å²) in [5, 5.41) is 3.07. The molecule has 0 atom stereocenters. The van der Waals surface area contributed by atoms with E-state index >= 15 is 0 Å². The molecule has 1 amide bonds. The summed E-state index contributed by atoms with van der Waals surface area (Å²) in [5.41, 5.74) is 2.11. The van der Waals surface area contributed by atoms with E-state index in [9.17, 15) is 14.0 Å². The van der Waals surface area contributed by atoms with E-state index in [0.717, 1.165) is 22.5 Å². The minimum Gasteiger partial charge on any atom is -0.451 e. The summed E-state index contributed by atoms with van der Waals surface area (Å²) in [4.78, 5) is 24.1. The Hall–Kier alpha value is -2.73. The molecule has 2 aromatic carbocycles. The number of ether oxygens (including phenoxy) is 1. The molecule has 4 nitrogen and oxygen atoms in total. The van der Waals surface area contributed by atoms with E-state index in [-0.39, 0.29) is 23.2 Å². The quantitative estimate of drug-likeness (QED) is 0.706. The number of esters is 1. The highest BCUT2D eigenvalue weighted by molar-refractivity contribution is 7.20. The lowest BCUT2D eigenvalue weighted by Crippen LogP contribution is -2.28. The number of hydrogen-bond donors (Lipinski definition) is 1. The Balaban J connectivity index is 1.53. The highest BCUT2D eigenvalue weighted by atomic mass is 32.1. The molecule has 3 aromatic rings. The van der Waals surface area contributed by atoms with Gasteiger partial charge in [-0.15, -0.1) is 11.3 Å². The van der Waals surface area contributed by atoms with Crippen molar-refractivity contribution in [2.75, 3.05) is 6.61 Å². The Kier molecular flexibility index (Phi) is 5.09. The second-order valence-corrected chi connectivity index (χ2v) is 6.68. The monoisotopic (exact) mass is 357 g/mol. The summed E-state index contributed by atoms with van der Waals surface area (Å²) in [6, 6.07) is 13.9. The summed E-state index contributed by atoms with van der Waals surface area (Å²) in [6.07, 6.45) is 0. The van der Waals surface area contributed by atoms with E-state index < -0.39 is 5.97 Å². The van der Waals surface area contributed by atoms with Crippen molar-refractivity contribution in [3.05, 3.63) is 70.4 Å². The summed E-state index contributed by atoms with van der Waals surface area (Å²) in [6.45, 7) is 1.98. The molecule has 0 spiro atoms. The zero-order valence-corrected chi connectivity index (χ0v) is 14.4. The molecule has 0 aliphatic rings. The fourth-order valence-corrected chi connectivity index (χ4v) is 3.25. The molecule has 128 valence electrons. The third-order valence-corrected chi connectivity index (χ3v) is 4.73. The molecule has 0 aliphatic heterocycles. The van der Waals surface area contributed by atoms with Gasteiger partial charge in [0.25, 0.3) is 5.91 Å². The van der Waals surface area contributed by atoms with Crippen LogP contribution in [0.5, 0.6) is 0 Å². The molecule has 1 heterocycles. The Bertz CT molecular complexity index is 918. The molecule has 1 aromatic heterocycles. The number of hydrogen-bond acceptors (Lipinski definition) is 4. The Labute approximate surface area is 148 Å². The van der Waals surface area contributed by atoms with Crippen LogP contribution >= 0.6 is 11.3 Å². The lowest BCUT2D eigenvalue weighted by atomic mass is 10.1. The largest absolute Gasteiger partial charge is 0.451 e. The zero-order chi connectivity index (χ0) is 17.8. The maximum atomic E-state index is 13.7. The van der Waals surface area contributed by atoms with Gasteiger partial charge in [-0.25, -0.2) is 9.18 Å². The van der Waals surface area contributed by atoms with Crippen molar-refractivity contribution in [1.82, 2.24) is 5.32 Å². The number of halogens is 1. The molecule has 0 radical (unpaired) electrons. The van der Waals surface area contributed by atoms with Gasteiger partial charge >= 0.3 is 5.97 Å². The van der Waals surface area contributed by atoms with Gasteiger partial charge in [-0.05, 0) is 30.7 Å². The fourth-order valence-electron chi connectivity index (χ4n) is 2.29. The maximum Gasteiger partial charge on any atom is 0.348 e. The summed E-state index contributed by atoms with van der Waals surface area (Å²) >= 11 is 1.14. The molecule has 6 heteroatoms. The Morgan fingerprint density at radius 3 is 2.64 bits per heavy atom. The van der Waals surface area contributed by atoms with Crippen LogP contribution in [0.4, 0.5) is 4.39 Å². The van der Waals surface area contributed by atoms with Gasteiger partial charge < -0.3 is 10.1 Å². The maximum absolute atomic E-state index is 13.7. The molecular formula is C19H16FNO3S. The van der Waals surface area contributed by atoms with E-state index in [1.807, 2.05) is 31.2 Å². The van der Waals surface area contributed by atoms with Gasteiger partial charge in [-0.2, -0.15) is 0 Å². The van der Waals surface area contributed by atoms with Crippen LogP contribution in [-0.4, -0.2) is 18.5 Å². The van der Waals surface area contributed by atoms with Crippen LogP contribution < -0.4 is 5.32 Å². The minimum atomic E-state index is -0.633. The third-order valence-electron chi connectivity index (χ3n) is 3.65. The number of rotatable bonds is 5. The summed E-state index contributed by atoms with van der Waals surface area (Å²) in [7, 11) is 0. The van der Waals surface area contributed by atoms with Crippen LogP contribution in [0.1, 0.15) is 20.8 Å². The first kappa shape index (κ1) is 17.1. The second kappa shape index (κ2) is 7.44. The molecule has 25 heavy (non-hydrogen) atoms. The van der Waals surface area contributed by atoms with Crippen LogP contribution in [0.2, 0.25) is 0 Å². The second-order valence-electron chi connectivity index (χ2n) is 5.60. The minimum absolute atomic E-state index is 0.270. The number of carbonyl (C=O) groups excluding carboxylic acids is 2. The lowest BCUT2D eigenvalue weighted by Gasteiger charge is -2.06. The highest BCUT2D eigenvalue weighted by Crippen LogP contribution is 2.28. The average Bonchev–Trinajstić information content (AvgIpc) is 3.05. The number of aryl methyl sites for hydroxylation is 1. The molecule has 0 saturated carbocycles. The Morgan fingerprint density at radius 1 is 1.16 bits per heavy atom. The van der Waals surface area contributed by atoms with E-state index in [1.165, 1.54) is 12.1 Å². The van der Waals surface area contributed by atoms with E-state index in [0.29, 0.717) is 16.6 Å². The first-order valence-corrected chi connectivity index (χ1v) is 8.52. The van der Waals surface area contributed by atoms with Gasteiger partial charge in [0.1, 0.15) is 10.7 Å². The SMILES string of the molecule is Cc1ccc(CNC(=O)COC(=O)c2cc3c(F)cccc3s2)cc1. The van der Waals surface area contributed by atoms with Crippen molar-refractivity contribution in [2.24, 2.45) is 0 Å². The van der Waals surface area contributed by atoms with Crippen molar-refractivity contribution in [2.45, 2.75) is 13.5 Å². The summed E-state index contributed by atoms with van der Waals surface area (Å²) in [5.74, 6) is -1.41. The van der Waals surface area contributed by atoms with E-state index in [1.54, 1.807) is 12.1 Å². The number of benzene rings is 2. The number of nitrogens with one attached hydrogen (secondary N) is 1. The first-order chi connectivity index (χ1) is 12.0. The molecule has 1 N–H and O–H groups in total. The van der Waals surface area contributed by atoms with E-state index in [4.69, 9.17) is 4.74 Å². The molecule has 0 fully saturated rings. The molecular weight excluding hydrogens is 341 g/mol. The van der Waals surface area contributed by atoms with Crippen LogP contribution in [0.15, 0.2) is 48.5 Å². The number of carbonyl (C=O) groups is 2. The zero-order valence-electron chi connectivity index (χ0n) is 13.5. The lowest BCUT2D eigenvalue weighted by molar-refractivity contribution is -0.124. The number of amides is 1. The standard InChI is InChI=1S/C19H16FNO3S/c1-12-5-7-13(8-6-12)10-21-18(22)11-24-19(23)17-9-14-15(20)3-2-4-16(14)25-17/h2-9H,10-11H2,1H3,(H,21,22). The first-order valence-electron chi connectivity index (χ1n) is 7.70. The van der Waals surface area contributed by atoms with Crippen molar-refractivity contribution >= 4 is 33.3 Å². The Morgan fingerprint density at radius 2 is 1.92 bits per heavy atom. The number of thiophene rings is 1. The number of fused-ring (bicyclic) bond motifs is 1. The molecule has 0 saturated heterocycles. The molecule has 0 aliphatic carbocycles. The fraction of sp³-hybridized carbons (Fsp3) is 0.158. The van der Waals surface area contributed by atoms with Gasteiger partial charge in [0.2, 0.25) is 0 Å². The van der Waals surface area contributed by atoms with Crippen molar-refractivity contribution in [3.63, 3.8) is 0 Å². The smallest absolute Gasteiger partial charge is 0.348 e. The van der Waals surface area contributed by atoms with Gasteiger partial charge in [-0.3, -0.25) is 4.79 Å². The van der Waals surface area contributed by atoms with Crippen LogP contribution in [-0.2, 0) is 16.1 Å². The van der Waals surface area contributed by atoms with Gasteiger partial charge in [0, 0.05) is 16.6 Å². The van der Waals surface area contributed by atoms with Crippen LogP contribution in [0.25, 0.3) is 10.1 Å². The van der Waals surface area contributed by atoms with Crippen LogP contribution in [0.3, 0.4) is 0 Å².